The summed E-state index contributed by atoms with van der Waals surface area (Å²) in [7, 11) is 1.57. The molecule has 1 aromatic carbocycles. The monoisotopic (exact) mass is 278 g/mol. The van der Waals surface area contributed by atoms with Gasteiger partial charge in [0.25, 0.3) is 0 Å². The Kier molecular flexibility index (Phi) is 4.84. The van der Waals surface area contributed by atoms with Gasteiger partial charge in [-0.2, -0.15) is 0 Å². The number of hydrogen-bond donors (Lipinski definition) is 3. The zero-order valence-corrected chi connectivity index (χ0v) is 11.8. The molecule has 1 fully saturated rings. The van der Waals surface area contributed by atoms with E-state index in [1.165, 1.54) is 0 Å². The molecule has 0 unspecified atom stereocenters. The minimum Gasteiger partial charge on any atom is -0.507 e. The lowest BCUT2D eigenvalue weighted by Gasteiger charge is -2.27. The summed E-state index contributed by atoms with van der Waals surface area (Å²) in [6.45, 7) is 0.613. The number of amides is 1. The number of phenolic OH excluding ortho intramolecular Hbond substituents is 1. The van der Waals surface area contributed by atoms with Crippen molar-refractivity contribution in [2.75, 3.05) is 7.11 Å². The first kappa shape index (κ1) is 14.7. The zero-order chi connectivity index (χ0) is 14.5. The van der Waals surface area contributed by atoms with Crippen LogP contribution in [0, 0.1) is 5.92 Å². The van der Waals surface area contributed by atoms with Gasteiger partial charge in [0.2, 0.25) is 5.91 Å². The molecule has 0 aromatic heterocycles. The molecule has 0 aliphatic heterocycles. The molecule has 110 valence electrons. The molecule has 0 heterocycles. The number of nitrogens with one attached hydrogen (secondary N) is 1. The minimum absolute atomic E-state index is 0.0300. The van der Waals surface area contributed by atoms with Crippen LogP contribution in [0.1, 0.15) is 31.2 Å². The summed E-state index contributed by atoms with van der Waals surface area (Å²) in [5, 5.41) is 13.3. The number of benzene rings is 1. The Morgan fingerprint density at radius 3 is 2.65 bits per heavy atom. The van der Waals surface area contributed by atoms with Crippen LogP contribution in [0.2, 0.25) is 0 Å². The van der Waals surface area contributed by atoms with Crippen molar-refractivity contribution in [3.8, 4) is 11.5 Å². The number of ether oxygens (including phenoxy) is 1. The van der Waals surface area contributed by atoms with E-state index in [-0.39, 0.29) is 17.6 Å². The van der Waals surface area contributed by atoms with E-state index in [4.69, 9.17) is 10.5 Å². The van der Waals surface area contributed by atoms with E-state index in [1.807, 2.05) is 12.1 Å². The van der Waals surface area contributed by atoms with Gasteiger partial charge in [0.15, 0.2) is 0 Å². The van der Waals surface area contributed by atoms with Gasteiger partial charge in [-0.1, -0.05) is 6.07 Å². The van der Waals surface area contributed by atoms with Crippen LogP contribution >= 0.6 is 0 Å². The molecular weight excluding hydrogens is 256 g/mol. The van der Waals surface area contributed by atoms with Gasteiger partial charge in [0.05, 0.1) is 7.11 Å². The van der Waals surface area contributed by atoms with E-state index in [2.05, 4.69) is 5.32 Å². The lowest BCUT2D eigenvalue weighted by Crippen LogP contribution is -2.36. The van der Waals surface area contributed by atoms with Crippen molar-refractivity contribution in [3.05, 3.63) is 23.8 Å². The normalized spacial score (nSPS) is 22.4. The van der Waals surface area contributed by atoms with Crippen molar-refractivity contribution in [1.29, 1.82) is 0 Å². The third-order valence-corrected chi connectivity index (χ3v) is 4.00. The van der Waals surface area contributed by atoms with Crippen LogP contribution in [0.3, 0.4) is 0 Å². The van der Waals surface area contributed by atoms with Crippen molar-refractivity contribution < 1.29 is 14.6 Å². The Bertz CT molecular complexity index is 468. The van der Waals surface area contributed by atoms with Gasteiger partial charge in [0.1, 0.15) is 11.5 Å². The Hall–Kier alpha value is -1.75. The number of aromatic hydroxyl groups is 1. The molecule has 0 spiro atoms. The van der Waals surface area contributed by atoms with E-state index in [0.29, 0.717) is 18.3 Å². The molecule has 1 aliphatic carbocycles. The highest BCUT2D eigenvalue weighted by Gasteiger charge is 2.24. The second kappa shape index (κ2) is 6.61. The minimum atomic E-state index is -0.184. The summed E-state index contributed by atoms with van der Waals surface area (Å²) in [6, 6.07) is 5.69. The van der Waals surface area contributed by atoms with Crippen LogP contribution in [-0.2, 0) is 11.3 Å². The predicted octanol–water partition coefficient (Wildman–Crippen LogP) is 1.53. The number of methoxy groups -OCH3 is 1. The first-order chi connectivity index (χ1) is 9.60. The Morgan fingerprint density at radius 1 is 1.40 bits per heavy atom. The molecule has 1 saturated carbocycles. The van der Waals surface area contributed by atoms with Crippen LogP contribution in [-0.4, -0.2) is 24.2 Å². The van der Waals surface area contributed by atoms with Gasteiger partial charge >= 0.3 is 0 Å². The maximum Gasteiger partial charge on any atom is 0.220 e. The molecule has 0 atom stereocenters. The highest BCUT2D eigenvalue weighted by Crippen LogP contribution is 2.26. The number of carbonyl (C=O) groups excluding carboxylic acids is 1. The molecule has 1 aliphatic rings. The molecular formula is C15H22N2O3. The van der Waals surface area contributed by atoms with Crippen molar-refractivity contribution in [2.24, 2.45) is 11.7 Å². The summed E-state index contributed by atoms with van der Waals surface area (Å²) in [5.74, 6) is 0.731. The number of hydrogen-bond acceptors (Lipinski definition) is 4. The van der Waals surface area contributed by atoms with Crippen LogP contribution in [0.25, 0.3) is 0 Å². The molecule has 5 heteroatoms. The van der Waals surface area contributed by atoms with Crippen LogP contribution in [0.5, 0.6) is 11.5 Å². The molecule has 1 amide bonds. The number of phenols is 1. The van der Waals surface area contributed by atoms with E-state index >= 15 is 0 Å². The number of nitrogens with two attached hydrogens (primary N) is 1. The van der Waals surface area contributed by atoms with Gasteiger partial charge in [-0.25, -0.2) is 0 Å². The first-order valence-corrected chi connectivity index (χ1v) is 6.98. The number of primary amides is 1. The number of carbonyl (C=O) groups is 1. The van der Waals surface area contributed by atoms with Crippen LogP contribution in [0.15, 0.2) is 18.2 Å². The second-order valence-electron chi connectivity index (χ2n) is 5.33. The van der Waals surface area contributed by atoms with Gasteiger partial charge in [0, 0.05) is 30.1 Å². The topological polar surface area (TPSA) is 84.6 Å². The maximum atomic E-state index is 11.1. The summed E-state index contributed by atoms with van der Waals surface area (Å²) in [5.41, 5.74) is 6.17. The van der Waals surface area contributed by atoms with Crippen molar-refractivity contribution in [1.82, 2.24) is 5.32 Å². The van der Waals surface area contributed by atoms with E-state index in [0.717, 1.165) is 31.2 Å². The summed E-state index contributed by atoms with van der Waals surface area (Å²) in [6.07, 6.45) is 3.60. The fraction of sp³-hybridized carbons (Fsp3) is 0.533. The Labute approximate surface area is 119 Å². The fourth-order valence-electron chi connectivity index (χ4n) is 2.66. The molecule has 0 saturated heterocycles. The third kappa shape index (κ3) is 3.63. The summed E-state index contributed by atoms with van der Waals surface area (Å²) in [4.78, 5) is 11.1. The molecule has 2 rings (SSSR count). The average molecular weight is 278 g/mol. The lowest BCUT2D eigenvalue weighted by molar-refractivity contribution is -0.122. The quantitative estimate of drug-likeness (QED) is 0.762. The SMILES string of the molecule is COc1ccc(CNC2CCC(C(N)=O)CC2)c(O)c1. The van der Waals surface area contributed by atoms with Crippen LogP contribution in [0.4, 0.5) is 0 Å². The summed E-state index contributed by atoms with van der Waals surface area (Å²) >= 11 is 0. The molecule has 1 aromatic rings. The highest BCUT2D eigenvalue weighted by atomic mass is 16.5. The molecule has 0 bridgehead atoms. The van der Waals surface area contributed by atoms with E-state index < -0.39 is 0 Å². The zero-order valence-electron chi connectivity index (χ0n) is 11.8. The highest BCUT2D eigenvalue weighted by molar-refractivity contribution is 5.76. The van der Waals surface area contributed by atoms with Crippen molar-refractivity contribution >= 4 is 5.91 Å². The molecule has 4 N–H and O–H groups in total. The van der Waals surface area contributed by atoms with Gasteiger partial charge < -0.3 is 20.9 Å². The smallest absolute Gasteiger partial charge is 0.220 e. The molecule has 0 radical (unpaired) electrons. The summed E-state index contributed by atoms with van der Waals surface area (Å²) < 4.78 is 5.05. The van der Waals surface area contributed by atoms with Gasteiger partial charge in [-0.15, -0.1) is 0 Å². The van der Waals surface area contributed by atoms with E-state index in [9.17, 15) is 9.90 Å². The molecule has 20 heavy (non-hydrogen) atoms. The largest absolute Gasteiger partial charge is 0.507 e. The van der Waals surface area contributed by atoms with Gasteiger partial charge in [-0.05, 0) is 31.7 Å². The average Bonchev–Trinajstić information content (AvgIpc) is 2.46. The Morgan fingerprint density at radius 2 is 2.10 bits per heavy atom. The van der Waals surface area contributed by atoms with Crippen molar-refractivity contribution in [3.63, 3.8) is 0 Å². The van der Waals surface area contributed by atoms with Crippen LogP contribution < -0.4 is 15.8 Å². The van der Waals surface area contributed by atoms with Gasteiger partial charge in [-0.3, -0.25) is 4.79 Å². The van der Waals surface area contributed by atoms with E-state index in [1.54, 1.807) is 13.2 Å². The standard InChI is InChI=1S/C15H22N2O3/c1-20-13-7-4-11(14(18)8-13)9-17-12-5-2-10(3-6-12)15(16)19/h4,7-8,10,12,17-18H,2-3,5-6,9H2,1H3,(H2,16,19). The predicted molar refractivity (Wildman–Crippen MR) is 76.4 cm³/mol. The fourth-order valence-corrected chi connectivity index (χ4v) is 2.66. The third-order valence-electron chi connectivity index (χ3n) is 4.00. The Balaban J connectivity index is 1.83. The molecule has 5 nitrogen and oxygen atoms in total. The number of rotatable bonds is 5. The lowest BCUT2D eigenvalue weighted by atomic mass is 9.85. The van der Waals surface area contributed by atoms with Crippen molar-refractivity contribution in [2.45, 2.75) is 38.3 Å². The maximum absolute atomic E-state index is 11.1. The first-order valence-electron chi connectivity index (χ1n) is 6.98. The second-order valence-corrected chi connectivity index (χ2v) is 5.33.